The highest BCUT2D eigenvalue weighted by molar-refractivity contribution is 5.93. The number of hydrogen-bond acceptors (Lipinski definition) is 3. The van der Waals surface area contributed by atoms with Gasteiger partial charge in [0.05, 0.1) is 11.7 Å². The molecule has 1 aliphatic heterocycles. The van der Waals surface area contributed by atoms with Crippen LogP contribution in [0.3, 0.4) is 0 Å². The van der Waals surface area contributed by atoms with E-state index >= 15 is 0 Å². The third-order valence-electron chi connectivity index (χ3n) is 4.74. The molecule has 1 aromatic rings. The van der Waals surface area contributed by atoms with Crippen LogP contribution in [0.25, 0.3) is 0 Å². The predicted molar refractivity (Wildman–Crippen MR) is 98.3 cm³/mol. The van der Waals surface area contributed by atoms with Gasteiger partial charge in [-0.25, -0.2) is 0 Å². The van der Waals surface area contributed by atoms with E-state index in [1.165, 1.54) is 6.92 Å². The number of rotatable bonds is 7. The molecule has 140 valence electrons. The fourth-order valence-electron chi connectivity index (χ4n) is 3.69. The quantitative estimate of drug-likeness (QED) is 0.823. The fraction of sp³-hybridized carbons (Fsp3) is 0.737. The first-order valence-corrected chi connectivity index (χ1v) is 9.48. The highest BCUT2D eigenvalue weighted by Gasteiger charge is 2.36. The Bertz CT molecular complexity index is 609. The number of carbonyl (C=O) groups excluding carboxylic acids is 2. The second kappa shape index (κ2) is 8.50. The molecule has 2 rings (SSSR count). The number of hydrogen-bond donors (Lipinski definition) is 1. The van der Waals surface area contributed by atoms with Crippen LogP contribution in [0, 0.1) is 11.8 Å². The summed E-state index contributed by atoms with van der Waals surface area (Å²) < 4.78 is 1.81. The van der Waals surface area contributed by atoms with E-state index in [1.54, 1.807) is 4.68 Å². The Morgan fingerprint density at radius 3 is 2.60 bits per heavy atom. The van der Waals surface area contributed by atoms with Crippen molar-refractivity contribution in [3.8, 4) is 0 Å². The summed E-state index contributed by atoms with van der Waals surface area (Å²) >= 11 is 0. The van der Waals surface area contributed by atoms with Crippen molar-refractivity contribution in [1.82, 2.24) is 20.0 Å². The number of carbonyl (C=O) groups is 2. The molecule has 0 aromatic carbocycles. The molecule has 0 bridgehead atoms. The molecule has 2 amide bonds. The Balaban J connectivity index is 2.16. The monoisotopic (exact) mass is 348 g/mol. The molecule has 0 aliphatic carbocycles. The second-order valence-electron chi connectivity index (χ2n) is 7.50. The molecule has 0 spiro atoms. The zero-order chi connectivity index (χ0) is 18.6. The Morgan fingerprint density at radius 2 is 2.04 bits per heavy atom. The average molecular weight is 348 g/mol. The summed E-state index contributed by atoms with van der Waals surface area (Å²) in [5, 5.41) is 7.60. The van der Waals surface area contributed by atoms with Gasteiger partial charge in [-0.3, -0.25) is 14.3 Å². The summed E-state index contributed by atoms with van der Waals surface area (Å²) in [7, 11) is 0. The third-order valence-corrected chi connectivity index (χ3v) is 4.74. The minimum absolute atomic E-state index is 0.0262. The molecule has 0 unspecified atom stereocenters. The van der Waals surface area contributed by atoms with E-state index in [-0.39, 0.29) is 17.9 Å². The van der Waals surface area contributed by atoms with E-state index in [2.05, 4.69) is 31.2 Å². The summed E-state index contributed by atoms with van der Waals surface area (Å²) in [5.74, 6) is 0.829. The van der Waals surface area contributed by atoms with Crippen molar-refractivity contribution < 1.29 is 9.59 Å². The molecule has 6 heteroatoms. The molecule has 1 aliphatic rings. The van der Waals surface area contributed by atoms with Crippen molar-refractivity contribution in [2.45, 2.75) is 66.5 Å². The Kier molecular flexibility index (Phi) is 6.62. The highest BCUT2D eigenvalue weighted by Crippen LogP contribution is 2.24. The molecule has 1 fully saturated rings. The molecule has 6 nitrogen and oxygen atoms in total. The Labute approximate surface area is 151 Å². The van der Waals surface area contributed by atoms with Crippen molar-refractivity contribution >= 4 is 11.8 Å². The first-order chi connectivity index (χ1) is 11.8. The van der Waals surface area contributed by atoms with Gasteiger partial charge in [0.2, 0.25) is 5.91 Å². The van der Waals surface area contributed by atoms with Crippen molar-refractivity contribution in [2.75, 3.05) is 13.1 Å². The van der Waals surface area contributed by atoms with E-state index in [0.29, 0.717) is 37.2 Å². The van der Waals surface area contributed by atoms with Gasteiger partial charge in [0.15, 0.2) is 0 Å². The van der Waals surface area contributed by atoms with Crippen LogP contribution in [0.15, 0.2) is 6.07 Å². The standard InChI is InChI=1S/C19H32N4O2/c1-6-8-15-11-22(12-17(15)20-14(5)24)19(25)18-10-16(9-13(3)4)21-23(18)7-2/h10,13,15,17H,6-9,11-12H2,1-5H3,(H,20,24)/t15-,17-/m1/s1. The molecular weight excluding hydrogens is 316 g/mol. The summed E-state index contributed by atoms with van der Waals surface area (Å²) in [4.78, 5) is 26.4. The summed E-state index contributed by atoms with van der Waals surface area (Å²) in [6.45, 7) is 12.0. The molecule has 2 heterocycles. The van der Waals surface area contributed by atoms with Crippen molar-refractivity contribution in [3.05, 3.63) is 17.5 Å². The van der Waals surface area contributed by atoms with Gasteiger partial charge in [-0.1, -0.05) is 27.2 Å². The highest BCUT2D eigenvalue weighted by atomic mass is 16.2. The van der Waals surface area contributed by atoms with E-state index in [9.17, 15) is 9.59 Å². The van der Waals surface area contributed by atoms with Crippen LogP contribution in [-0.2, 0) is 17.8 Å². The van der Waals surface area contributed by atoms with Crippen molar-refractivity contribution in [2.24, 2.45) is 11.8 Å². The zero-order valence-corrected chi connectivity index (χ0v) is 16.2. The SMILES string of the molecule is CCC[C@@H]1CN(C(=O)c2cc(CC(C)C)nn2CC)C[C@H]1NC(C)=O. The molecule has 25 heavy (non-hydrogen) atoms. The van der Waals surface area contributed by atoms with Crippen molar-refractivity contribution in [1.29, 1.82) is 0 Å². The fourth-order valence-corrected chi connectivity index (χ4v) is 3.69. The lowest BCUT2D eigenvalue weighted by Crippen LogP contribution is -2.40. The maximum absolute atomic E-state index is 13.1. The summed E-state index contributed by atoms with van der Waals surface area (Å²) in [5.41, 5.74) is 1.64. The Hall–Kier alpha value is -1.85. The lowest BCUT2D eigenvalue weighted by atomic mass is 9.98. The van der Waals surface area contributed by atoms with Gasteiger partial charge in [0.1, 0.15) is 5.69 Å². The molecular formula is C19H32N4O2. The van der Waals surface area contributed by atoms with Gasteiger partial charge in [0.25, 0.3) is 5.91 Å². The molecule has 1 N–H and O–H groups in total. The van der Waals surface area contributed by atoms with Crippen LogP contribution >= 0.6 is 0 Å². The first kappa shape index (κ1) is 19.5. The molecule has 1 saturated heterocycles. The van der Waals surface area contributed by atoms with Crippen LogP contribution in [0.4, 0.5) is 0 Å². The van der Waals surface area contributed by atoms with Crippen LogP contribution in [-0.4, -0.2) is 45.6 Å². The van der Waals surface area contributed by atoms with E-state index in [1.807, 2.05) is 17.9 Å². The van der Waals surface area contributed by atoms with Crippen LogP contribution in [0.5, 0.6) is 0 Å². The third kappa shape index (κ3) is 4.83. The van der Waals surface area contributed by atoms with Crippen molar-refractivity contribution in [3.63, 3.8) is 0 Å². The van der Waals surface area contributed by atoms with E-state index < -0.39 is 0 Å². The van der Waals surface area contributed by atoms with Gasteiger partial charge < -0.3 is 10.2 Å². The minimum Gasteiger partial charge on any atom is -0.351 e. The van der Waals surface area contributed by atoms with E-state index in [0.717, 1.165) is 25.0 Å². The van der Waals surface area contributed by atoms with Crippen LogP contribution < -0.4 is 5.32 Å². The smallest absolute Gasteiger partial charge is 0.272 e. The lowest BCUT2D eigenvalue weighted by molar-refractivity contribution is -0.119. The largest absolute Gasteiger partial charge is 0.351 e. The minimum atomic E-state index is -0.0294. The van der Waals surface area contributed by atoms with Gasteiger partial charge in [0, 0.05) is 26.6 Å². The first-order valence-electron chi connectivity index (χ1n) is 9.48. The number of aryl methyl sites for hydroxylation is 1. The lowest BCUT2D eigenvalue weighted by Gasteiger charge is -2.17. The maximum Gasteiger partial charge on any atom is 0.272 e. The number of nitrogens with one attached hydrogen (secondary N) is 1. The predicted octanol–water partition coefficient (Wildman–Crippen LogP) is 2.48. The van der Waals surface area contributed by atoms with Gasteiger partial charge >= 0.3 is 0 Å². The van der Waals surface area contributed by atoms with Crippen LogP contribution in [0.2, 0.25) is 0 Å². The number of amides is 2. The maximum atomic E-state index is 13.1. The molecule has 0 saturated carbocycles. The van der Waals surface area contributed by atoms with Crippen LogP contribution in [0.1, 0.15) is 63.6 Å². The zero-order valence-electron chi connectivity index (χ0n) is 16.2. The van der Waals surface area contributed by atoms with Gasteiger partial charge in [-0.15, -0.1) is 0 Å². The number of likely N-dealkylation sites (tertiary alicyclic amines) is 1. The molecule has 1 aromatic heterocycles. The normalized spacial score (nSPS) is 20.3. The number of aromatic nitrogens is 2. The summed E-state index contributed by atoms with van der Waals surface area (Å²) in [6.07, 6.45) is 2.94. The Morgan fingerprint density at radius 1 is 1.32 bits per heavy atom. The van der Waals surface area contributed by atoms with E-state index in [4.69, 9.17) is 0 Å². The summed E-state index contributed by atoms with van der Waals surface area (Å²) in [6, 6.07) is 1.99. The molecule has 2 atom stereocenters. The average Bonchev–Trinajstić information content (AvgIpc) is 3.10. The number of nitrogens with zero attached hydrogens (tertiary/aromatic N) is 3. The van der Waals surface area contributed by atoms with Gasteiger partial charge in [-0.05, 0) is 37.7 Å². The van der Waals surface area contributed by atoms with Gasteiger partial charge in [-0.2, -0.15) is 5.10 Å². The molecule has 0 radical (unpaired) electrons. The topological polar surface area (TPSA) is 67.2 Å². The second-order valence-corrected chi connectivity index (χ2v) is 7.50.